The topological polar surface area (TPSA) is 72.5 Å². The van der Waals surface area contributed by atoms with E-state index in [1.54, 1.807) is 24.3 Å². The number of ketones is 1. The molecule has 0 spiro atoms. The first-order valence-electron chi connectivity index (χ1n) is 7.01. The van der Waals surface area contributed by atoms with Crippen LogP contribution in [-0.4, -0.2) is 24.3 Å². The molecule has 0 aliphatic rings. The van der Waals surface area contributed by atoms with Crippen molar-refractivity contribution in [1.29, 1.82) is 0 Å². The summed E-state index contributed by atoms with van der Waals surface area (Å²) >= 11 is 17.7. The number of amides is 1. The van der Waals surface area contributed by atoms with Gasteiger partial charge in [-0.25, -0.2) is 4.79 Å². The van der Waals surface area contributed by atoms with Crippen LogP contribution in [0, 0.1) is 0 Å². The number of carbonyl (C=O) groups is 3. The fraction of sp³-hybridized carbons (Fsp3) is 0.118. The molecule has 0 atom stereocenters. The molecule has 2 aromatic carbocycles. The van der Waals surface area contributed by atoms with Gasteiger partial charge in [0.15, 0.2) is 12.4 Å². The van der Waals surface area contributed by atoms with Crippen molar-refractivity contribution in [2.75, 3.05) is 11.9 Å². The Bertz CT molecular complexity index is 835. The maximum absolute atomic E-state index is 12.0. The predicted molar refractivity (Wildman–Crippen MR) is 96.8 cm³/mol. The summed E-state index contributed by atoms with van der Waals surface area (Å²) in [6.45, 7) is 0.908. The van der Waals surface area contributed by atoms with E-state index in [0.29, 0.717) is 11.3 Å². The summed E-state index contributed by atoms with van der Waals surface area (Å²) in [5.74, 6) is -1.50. The van der Waals surface area contributed by atoms with Crippen LogP contribution >= 0.6 is 34.8 Å². The normalized spacial score (nSPS) is 10.2. The summed E-state index contributed by atoms with van der Waals surface area (Å²) in [6, 6.07) is 9.15. The molecule has 0 heterocycles. The van der Waals surface area contributed by atoms with Crippen LogP contribution in [0.4, 0.5) is 5.69 Å². The summed E-state index contributed by atoms with van der Waals surface area (Å²) in [6.07, 6.45) is 0. The van der Waals surface area contributed by atoms with Gasteiger partial charge in [-0.15, -0.1) is 0 Å². The second-order valence-corrected chi connectivity index (χ2v) is 6.17. The third kappa shape index (κ3) is 4.95. The Balaban J connectivity index is 1.97. The smallest absolute Gasteiger partial charge is 0.341 e. The predicted octanol–water partition coefficient (Wildman–Crippen LogP) is 4.64. The van der Waals surface area contributed by atoms with Gasteiger partial charge in [-0.3, -0.25) is 9.59 Å². The maximum Gasteiger partial charge on any atom is 0.341 e. The molecule has 0 saturated carbocycles. The number of hydrogen-bond donors (Lipinski definition) is 1. The standard InChI is InChI=1S/C17H12Cl3NO4/c1-9(22)10-2-4-11(5-3-10)21-14(23)8-25-17(24)15-12(18)6-7-13(19)16(15)20/h2-7H,8H2,1H3,(H,21,23). The molecule has 1 amide bonds. The van der Waals surface area contributed by atoms with E-state index in [4.69, 9.17) is 39.5 Å². The quantitative estimate of drug-likeness (QED) is 0.451. The Morgan fingerprint density at radius 2 is 1.56 bits per heavy atom. The van der Waals surface area contributed by atoms with Crippen molar-refractivity contribution in [3.63, 3.8) is 0 Å². The number of carbonyl (C=O) groups excluding carboxylic acids is 3. The molecule has 0 fully saturated rings. The largest absolute Gasteiger partial charge is 0.452 e. The highest BCUT2D eigenvalue weighted by atomic mass is 35.5. The highest BCUT2D eigenvalue weighted by Crippen LogP contribution is 2.31. The van der Waals surface area contributed by atoms with Crippen molar-refractivity contribution < 1.29 is 19.1 Å². The molecule has 0 unspecified atom stereocenters. The van der Waals surface area contributed by atoms with Gasteiger partial charge in [0, 0.05) is 11.3 Å². The summed E-state index contributed by atoms with van der Waals surface area (Å²) < 4.78 is 4.91. The molecule has 0 saturated heterocycles. The van der Waals surface area contributed by atoms with Gasteiger partial charge in [-0.1, -0.05) is 34.8 Å². The summed E-state index contributed by atoms with van der Waals surface area (Å²) in [7, 11) is 0. The number of anilines is 1. The number of halogens is 3. The second kappa shape index (κ2) is 8.34. The van der Waals surface area contributed by atoms with Gasteiger partial charge in [-0.05, 0) is 43.3 Å². The van der Waals surface area contributed by atoms with Gasteiger partial charge < -0.3 is 10.1 Å². The zero-order chi connectivity index (χ0) is 18.6. The third-order valence-electron chi connectivity index (χ3n) is 3.16. The Morgan fingerprint density at radius 1 is 0.960 bits per heavy atom. The first-order chi connectivity index (χ1) is 11.8. The SMILES string of the molecule is CC(=O)c1ccc(NC(=O)COC(=O)c2c(Cl)ccc(Cl)c2Cl)cc1. The molecule has 2 aromatic rings. The molecule has 1 N–H and O–H groups in total. The summed E-state index contributed by atoms with van der Waals surface area (Å²) in [5, 5.41) is 2.71. The molecule has 2 rings (SSSR count). The second-order valence-electron chi connectivity index (χ2n) is 4.98. The summed E-state index contributed by atoms with van der Waals surface area (Å²) in [4.78, 5) is 35.1. The number of hydrogen-bond acceptors (Lipinski definition) is 4. The molecule has 5 nitrogen and oxygen atoms in total. The van der Waals surface area contributed by atoms with E-state index in [0.717, 1.165) is 0 Å². The van der Waals surface area contributed by atoms with E-state index in [1.807, 2.05) is 0 Å². The minimum atomic E-state index is -0.862. The number of nitrogens with one attached hydrogen (secondary N) is 1. The van der Waals surface area contributed by atoms with Crippen molar-refractivity contribution in [2.24, 2.45) is 0 Å². The van der Waals surface area contributed by atoms with Gasteiger partial charge in [0.1, 0.15) is 0 Å². The van der Waals surface area contributed by atoms with Gasteiger partial charge in [0.2, 0.25) is 0 Å². The lowest BCUT2D eigenvalue weighted by Gasteiger charge is -2.09. The minimum Gasteiger partial charge on any atom is -0.452 e. The van der Waals surface area contributed by atoms with Crippen LogP contribution in [0.5, 0.6) is 0 Å². The van der Waals surface area contributed by atoms with E-state index >= 15 is 0 Å². The Kier molecular flexibility index (Phi) is 6.42. The average Bonchev–Trinajstić information content (AvgIpc) is 2.57. The Labute approximate surface area is 158 Å². The van der Waals surface area contributed by atoms with Crippen LogP contribution in [0.25, 0.3) is 0 Å². The highest BCUT2D eigenvalue weighted by Gasteiger charge is 2.19. The van der Waals surface area contributed by atoms with Gasteiger partial charge in [-0.2, -0.15) is 0 Å². The van der Waals surface area contributed by atoms with E-state index in [1.165, 1.54) is 19.1 Å². The fourth-order valence-electron chi connectivity index (χ4n) is 1.90. The van der Waals surface area contributed by atoms with Gasteiger partial charge in [0.05, 0.1) is 20.6 Å². The Morgan fingerprint density at radius 3 is 2.16 bits per heavy atom. The van der Waals surface area contributed by atoms with E-state index in [-0.39, 0.29) is 26.4 Å². The van der Waals surface area contributed by atoms with Gasteiger partial charge in [0.25, 0.3) is 5.91 Å². The lowest BCUT2D eigenvalue weighted by atomic mass is 10.1. The molecule has 0 aliphatic carbocycles. The van der Waals surface area contributed by atoms with Crippen molar-refractivity contribution in [3.8, 4) is 0 Å². The van der Waals surface area contributed by atoms with Gasteiger partial charge >= 0.3 is 5.97 Å². The van der Waals surface area contributed by atoms with Crippen LogP contribution in [0.3, 0.4) is 0 Å². The van der Waals surface area contributed by atoms with Crippen LogP contribution in [-0.2, 0) is 9.53 Å². The number of Topliss-reactive ketones (excluding diaryl/α,β-unsaturated/α-hetero) is 1. The fourth-order valence-corrected chi connectivity index (χ4v) is 2.59. The highest BCUT2D eigenvalue weighted by molar-refractivity contribution is 6.46. The van der Waals surface area contributed by atoms with Crippen LogP contribution in [0.1, 0.15) is 27.6 Å². The minimum absolute atomic E-state index is 0.0422. The van der Waals surface area contributed by atoms with Crippen molar-refractivity contribution in [3.05, 3.63) is 62.6 Å². The number of benzene rings is 2. The molecular weight excluding hydrogens is 389 g/mol. The average molecular weight is 401 g/mol. The lowest BCUT2D eigenvalue weighted by molar-refractivity contribution is -0.119. The first kappa shape index (κ1) is 19.2. The molecule has 0 aliphatic heterocycles. The summed E-state index contributed by atoms with van der Waals surface area (Å²) in [5.41, 5.74) is 0.883. The number of rotatable bonds is 5. The molecule has 0 aromatic heterocycles. The molecule has 0 bridgehead atoms. The molecule has 0 radical (unpaired) electrons. The van der Waals surface area contributed by atoms with Crippen LogP contribution < -0.4 is 5.32 Å². The van der Waals surface area contributed by atoms with Crippen molar-refractivity contribution in [1.82, 2.24) is 0 Å². The van der Waals surface area contributed by atoms with Crippen LogP contribution in [0.15, 0.2) is 36.4 Å². The zero-order valence-corrected chi connectivity index (χ0v) is 15.2. The maximum atomic E-state index is 12.0. The molecule has 25 heavy (non-hydrogen) atoms. The number of esters is 1. The van der Waals surface area contributed by atoms with Crippen LogP contribution in [0.2, 0.25) is 15.1 Å². The Hall–Kier alpha value is -2.08. The van der Waals surface area contributed by atoms with Crippen molar-refractivity contribution >= 4 is 58.1 Å². The lowest BCUT2D eigenvalue weighted by Crippen LogP contribution is -2.21. The van der Waals surface area contributed by atoms with E-state index in [9.17, 15) is 14.4 Å². The zero-order valence-electron chi connectivity index (χ0n) is 12.9. The molecule has 8 heteroatoms. The first-order valence-corrected chi connectivity index (χ1v) is 8.14. The molecular formula is C17H12Cl3NO4. The van der Waals surface area contributed by atoms with E-state index < -0.39 is 18.5 Å². The number of ether oxygens (including phenoxy) is 1. The third-order valence-corrected chi connectivity index (χ3v) is 4.28. The molecule has 130 valence electrons. The van der Waals surface area contributed by atoms with Crippen molar-refractivity contribution in [2.45, 2.75) is 6.92 Å². The monoisotopic (exact) mass is 399 g/mol. The van der Waals surface area contributed by atoms with E-state index in [2.05, 4.69) is 5.32 Å².